The van der Waals surface area contributed by atoms with Gasteiger partial charge in [-0.15, -0.1) is 0 Å². The SMILES string of the molecule is COc1ccc(OC)c(NS(=O)(=O)c2cccc(Cl)c2Cl)c1. The minimum absolute atomic E-state index is 0.0430. The molecule has 0 aliphatic carbocycles. The minimum Gasteiger partial charge on any atom is -0.497 e. The Balaban J connectivity index is 2.47. The fourth-order valence-corrected chi connectivity index (χ4v) is 3.61. The van der Waals surface area contributed by atoms with Gasteiger partial charge in [-0.3, -0.25) is 4.72 Å². The van der Waals surface area contributed by atoms with E-state index >= 15 is 0 Å². The number of hydrogen-bond donors (Lipinski definition) is 1. The first-order valence-electron chi connectivity index (χ1n) is 6.08. The van der Waals surface area contributed by atoms with Gasteiger partial charge in [0.15, 0.2) is 0 Å². The van der Waals surface area contributed by atoms with Gasteiger partial charge in [0.2, 0.25) is 0 Å². The normalized spacial score (nSPS) is 11.1. The molecule has 0 saturated heterocycles. The van der Waals surface area contributed by atoms with E-state index in [1.54, 1.807) is 12.1 Å². The van der Waals surface area contributed by atoms with Crippen LogP contribution in [0.15, 0.2) is 41.3 Å². The van der Waals surface area contributed by atoms with Gasteiger partial charge in [0.05, 0.1) is 30.0 Å². The maximum atomic E-state index is 12.5. The Labute approximate surface area is 138 Å². The highest BCUT2D eigenvalue weighted by Crippen LogP contribution is 2.34. The first kappa shape index (κ1) is 16.7. The third-order valence-electron chi connectivity index (χ3n) is 2.86. The maximum Gasteiger partial charge on any atom is 0.263 e. The number of anilines is 1. The minimum atomic E-state index is -3.93. The van der Waals surface area contributed by atoms with E-state index in [0.717, 1.165) is 0 Å². The van der Waals surface area contributed by atoms with Crippen LogP contribution in [0.3, 0.4) is 0 Å². The molecule has 2 aromatic carbocycles. The zero-order valence-electron chi connectivity index (χ0n) is 11.8. The monoisotopic (exact) mass is 361 g/mol. The van der Waals surface area contributed by atoms with E-state index in [4.69, 9.17) is 32.7 Å². The molecule has 0 aliphatic heterocycles. The Morgan fingerprint density at radius 1 is 1.05 bits per heavy atom. The number of methoxy groups -OCH3 is 2. The number of rotatable bonds is 5. The molecule has 5 nitrogen and oxygen atoms in total. The second-order valence-corrected chi connectivity index (χ2v) is 6.66. The van der Waals surface area contributed by atoms with Gasteiger partial charge >= 0.3 is 0 Å². The summed E-state index contributed by atoms with van der Waals surface area (Å²) in [5, 5.41) is 0.112. The second kappa shape index (κ2) is 6.64. The molecule has 2 aromatic rings. The van der Waals surface area contributed by atoms with E-state index in [-0.39, 0.29) is 20.6 Å². The summed E-state index contributed by atoms with van der Waals surface area (Å²) in [5.41, 5.74) is 0.234. The van der Waals surface area contributed by atoms with Gasteiger partial charge in [0.25, 0.3) is 10.0 Å². The number of nitrogens with one attached hydrogen (secondary N) is 1. The average molecular weight is 362 g/mol. The lowest BCUT2D eigenvalue weighted by Gasteiger charge is -2.14. The number of sulfonamides is 1. The summed E-state index contributed by atoms with van der Waals surface area (Å²) >= 11 is 11.8. The molecule has 0 fully saturated rings. The molecule has 0 radical (unpaired) electrons. The van der Waals surface area contributed by atoms with Gasteiger partial charge in [-0.05, 0) is 24.3 Å². The van der Waals surface area contributed by atoms with Crippen molar-refractivity contribution in [2.45, 2.75) is 4.90 Å². The van der Waals surface area contributed by atoms with E-state index in [0.29, 0.717) is 11.5 Å². The molecule has 1 N–H and O–H groups in total. The Kier molecular flexibility index (Phi) is 5.05. The molecule has 0 bridgehead atoms. The summed E-state index contributed by atoms with van der Waals surface area (Å²) in [5.74, 6) is 0.832. The first-order valence-corrected chi connectivity index (χ1v) is 8.32. The van der Waals surface area contributed by atoms with Crippen LogP contribution < -0.4 is 14.2 Å². The van der Waals surface area contributed by atoms with Gasteiger partial charge in [-0.1, -0.05) is 29.3 Å². The molecule has 2 rings (SSSR count). The Morgan fingerprint density at radius 3 is 2.41 bits per heavy atom. The second-order valence-electron chi connectivity index (χ2n) is 4.22. The van der Waals surface area contributed by atoms with E-state index in [2.05, 4.69) is 4.72 Å². The molecular weight excluding hydrogens is 349 g/mol. The predicted octanol–water partition coefficient (Wildman–Crippen LogP) is 3.81. The van der Waals surface area contributed by atoms with Crippen molar-refractivity contribution in [3.05, 3.63) is 46.4 Å². The van der Waals surface area contributed by atoms with Gasteiger partial charge in [0, 0.05) is 6.07 Å². The largest absolute Gasteiger partial charge is 0.497 e. The van der Waals surface area contributed by atoms with Crippen molar-refractivity contribution >= 4 is 38.9 Å². The molecule has 118 valence electrons. The third kappa shape index (κ3) is 3.40. The zero-order valence-corrected chi connectivity index (χ0v) is 14.1. The van der Waals surface area contributed by atoms with Gasteiger partial charge < -0.3 is 9.47 Å². The molecule has 0 saturated carbocycles. The van der Waals surface area contributed by atoms with E-state index in [1.165, 1.54) is 38.5 Å². The van der Waals surface area contributed by atoms with Crippen LogP contribution in [0.25, 0.3) is 0 Å². The van der Waals surface area contributed by atoms with Gasteiger partial charge in [-0.2, -0.15) is 0 Å². The van der Waals surface area contributed by atoms with Crippen LogP contribution >= 0.6 is 23.2 Å². The molecule has 0 spiro atoms. The summed E-state index contributed by atoms with van der Waals surface area (Å²) in [4.78, 5) is -0.119. The topological polar surface area (TPSA) is 64.6 Å². The van der Waals surface area contributed by atoms with Crippen LogP contribution in [0.2, 0.25) is 10.0 Å². The lowest BCUT2D eigenvalue weighted by molar-refractivity contribution is 0.405. The molecule has 0 heterocycles. The van der Waals surface area contributed by atoms with Crippen molar-refractivity contribution < 1.29 is 17.9 Å². The highest BCUT2D eigenvalue weighted by atomic mass is 35.5. The molecule has 0 unspecified atom stereocenters. The van der Waals surface area contributed by atoms with Crippen LogP contribution in [0.1, 0.15) is 0 Å². The highest BCUT2D eigenvalue weighted by molar-refractivity contribution is 7.92. The van der Waals surface area contributed by atoms with Crippen molar-refractivity contribution in [1.82, 2.24) is 0 Å². The molecule has 0 atom stereocenters. The summed E-state index contributed by atoms with van der Waals surface area (Å²) in [7, 11) is -1.01. The summed E-state index contributed by atoms with van der Waals surface area (Å²) in [6, 6.07) is 9.14. The Bertz CT molecular complexity index is 793. The maximum absolute atomic E-state index is 12.5. The standard InChI is InChI=1S/C14H13Cl2NO4S/c1-20-9-6-7-12(21-2)11(8-9)17-22(18,19)13-5-3-4-10(15)14(13)16/h3-8,17H,1-2H3. The zero-order chi connectivity index (χ0) is 16.3. The number of ether oxygens (including phenoxy) is 2. The summed E-state index contributed by atoms with van der Waals surface area (Å²) in [6.45, 7) is 0. The molecule has 8 heteroatoms. The average Bonchev–Trinajstić information content (AvgIpc) is 2.49. The predicted molar refractivity (Wildman–Crippen MR) is 86.8 cm³/mol. The Morgan fingerprint density at radius 2 is 1.77 bits per heavy atom. The molecule has 0 aliphatic rings. The fraction of sp³-hybridized carbons (Fsp3) is 0.143. The first-order chi connectivity index (χ1) is 10.4. The quantitative estimate of drug-likeness (QED) is 0.879. The van der Waals surface area contributed by atoms with Crippen LogP contribution in [0, 0.1) is 0 Å². The van der Waals surface area contributed by atoms with Crippen molar-refractivity contribution in [3.8, 4) is 11.5 Å². The lowest BCUT2D eigenvalue weighted by atomic mass is 10.3. The summed E-state index contributed by atoms with van der Waals surface area (Å²) < 4.78 is 37.6. The number of hydrogen-bond acceptors (Lipinski definition) is 4. The van der Waals surface area contributed by atoms with Crippen LogP contribution in [-0.4, -0.2) is 22.6 Å². The fourth-order valence-electron chi connectivity index (χ4n) is 1.79. The van der Waals surface area contributed by atoms with E-state index < -0.39 is 10.0 Å². The number of benzene rings is 2. The van der Waals surface area contributed by atoms with Crippen molar-refractivity contribution in [2.75, 3.05) is 18.9 Å². The van der Waals surface area contributed by atoms with Crippen molar-refractivity contribution in [3.63, 3.8) is 0 Å². The highest BCUT2D eigenvalue weighted by Gasteiger charge is 2.21. The van der Waals surface area contributed by atoms with Crippen molar-refractivity contribution in [2.24, 2.45) is 0 Å². The molecule has 22 heavy (non-hydrogen) atoms. The van der Waals surface area contributed by atoms with Crippen molar-refractivity contribution in [1.29, 1.82) is 0 Å². The van der Waals surface area contributed by atoms with Crippen LogP contribution in [0.5, 0.6) is 11.5 Å². The Hall–Kier alpha value is -1.63. The molecule has 0 amide bonds. The number of halogens is 2. The van der Waals surface area contributed by atoms with Gasteiger partial charge in [-0.25, -0.2) is 8.42 Å². The molecular formula is C14H13Cl2NO4S. The smallest absolute Gasteiger partial charge is 0.263 e. The van der Waals surface area contributed by atoms with Crippen LogP contribution in [0.4, 0.5) is 5.69 Å². The van der Waals surface area contributed by atoms with E-state index in [1.807, 2.05) is 0 Å². The van der Waals surface area contributed by atoms with Gasteiger partial charge in [0.1, 0.15) is 16.4 Å². The summed E-state index contributed by atoms with van der Waals surface area (Å²) in [6.07, 6.45) is 0. The molecule has 0 aromatic heterocycles. The lowest BCUT2D eigenvalue weighted by Crippen LogP contribution is -2.14. The third-order valence-corrected chi connectivity index (χ3v) is 5.20. The van der Waals surface area contributed by atoms with Crippen LogP contribution in [-0.2, 0) is 10.0 Å². The van der Waals surface area contributed by atoms with E-state index in [9.17, 15) is 8.42 Å².